The van der Waals surface area contributed by atoms with Crippen molar-refractivity contribution < 1.29 is 13.9 Å². The summed E-state index contributed by atoms with van der Waals surface area (Å²) in [6.07, 6.45) is 0.343. The van der Waals surface area contributed by atoms with E-state index in [4.69, 9.17) is 10.00 Å². The highest BCUT2D eigenvalue weighted by Gasteiger charge is 2.17. The highest BCUT2D eigenvalue weighted by atomic mass is 19.1. The highest BCUT2D eigenvalue weighted by molar-refractivity contribution is 5.91. The van der Waals surface area contributed by atoms with E-state index >= 15 is 0 Å². The fraction of sp³-hybridized carbons (Fsp3) is 0.333. The Balaban J connectivity index is 3.27. The summed E-state index contributed by atoms with van der Waals surface area (Å²) in [5.41, 5.74) is 0.378. The molecule has 0 fully saturated rings. The topological polar surface area (TPSA) is 50.1 Å². The SMILES string of the molecule is CCOC(=O)c1ccc(C#N)c(F)c1CC. The minimum absolute atomic E-state index is 0.0510. The molecule has 1 aromatic rings. The Hall–Kier alpha value is -1.89. The molecule has 0 spiro atoms. The number of halogens is 1. The van der Waals surface area contributed by atoms with Crippen molar-refractivity contribution in [2.24, 2.45) is 0 Å². The number of nitriles is 1. The van der Waals surface area contributed by atoms with E-state index < -0.39 is 11.8 Å². The van der Waals surface area contributed by atoms with Gasteiger partial charge >= 0.3 is 5.97 Å². The Morgan fingerprint density at radius 1 is 1.50 bits per heavy atom. The maximum atomic E-state index is 13.7. The summed E-state index contributed by atoms with van der Waals surface area (Å²) in [5.74, 6) is -1.18. The van der Waals surface area contributed by atoms with Crippen LogP contribution in [0.4, 0.5) is 4.39 Å². The smallest absolute Gasteiger partial charge is 0.338 e. The van der Waals surface area contributed by atoms with Crippen molar-refractivity contribution in [3.63, 3.8) is 0 Å². The molecule has 0 bridgehead atoms. The maximum absolute atomic E-state index is 13.7. The van der Waals surface area contributed by atoms with Crippen LogP contribution < -0.4 is 0 Å². The number of rotatable bonds is 3. The van der Waals surface area contributed by atoms with Crippen molar-refractivity contribution in [2.45, 2.75) is 20.3 Å². The van der Waals surface area contributed by atoms with Crippen molar-refractivity contribution in [2.75, 3.05) is 6.61 Å². The Labute approximate surface area is 93.5 Å². The first-order valence-corrected chi connectivity index (χ1v) is 5.04. The van der Waals surface area contributed by atoms with Crippen LogP contribution in [0.5, 0.6) is 0 Å². The van der Waals surface area contributed by atoms with Crippen molar-refractivity contribution in [1.29, 1.82) is 5.26 Å². The molecule has 0 atom stereocenters. The maximum Gasteiger partial charge on any atom is 0.338 e. The van der Waals surface area contributed by atoms with E-state index in [0.29, 0.717) is 6.42 Å². The Morgan fingerprint density at radius 2 is 2.19 bits per heavy atom. The third-order valence-electron chi connectivity index (χ3n) is 2.21. The standard InChI is InChI=1S/C12H12FNO2/c1-3-9-10(12(15)16-4-2)6-5-8(7-14)11(9)13/h5-6H,3-4H2,1-2H3. The fourth-order valence-corrected chi connectivity index (χ4v) is 1.45. The van der Waals surface area contributed by atoms with Gasteiger partial charge in [0.15, 0.2) is 0 Å². The predicted molar refractivity (Wildman–Crippen MR) is 56.4 cm³/mol. The van der Waals surface area contributed by atoms with Gasteiger partial charge in [0.1, 0.15) is 11.9 Å². The molecule has 0 aromatic heterocycles. The van der Waals surface area contributed by atoms with Gasteiger partial charge in [-0.1, -0.05) is 6.92 Å². The Bertz CT molecular complexity index is 449. The summed E-state index contributed by atoms with van der Waals surface area (Å²) < 4.78 is 18.5. The largest absolute Gasteiger partial charge is 0.462 e. The lowest BCUT2D eigenvalue weighted by Gasteiger charge is -2.08. The van der Waals surface area contributed by atoms with Crippen molar-refractivity contribution in [3.05, 3.63) is 34.6 Å². The van der Waals surface area contributed by atoms with E-state index in [1.54, 1.807) is 19.9 Å². The first-order valence-electron chi connectivity index (χ1n) is 5.04. The normalized spacial score (nSPS) is 9.62. The first kappa shape index (κ1) is 12.2. The highest BCUT2D eigenvalue weighted by Crippen LogP contribution is 2.19. The van der Waals surface area contributed by atoms with Crippen molar-refractivity contribution in [1.82, 2.24) is 0 Å². The number of hydrogen-bond donors (Lipinski definition) is 0. The van der Waals surface area contributed by atoms with Crippen LogP contribution in [0.2, 0.25) is 0 Å². The van der Waals surface area contributed by atoms with Crippen LogP contribution in [0, 0.1) is 17.1 Å². The van der Waals surface area contributed by atoms with Gasteiger partial charge in [0.05, 0.1) is 17.7 Å². The summed E-state index contributed by atoms with van der Waals surface area (Å²) in [5, 5.41) is 8.67. The van der Waals surface area contributed by atoms with Crippen LogP contribution in [-0.4, -0.2) is 12.6 Å². The van der Waals surface area contributed by atoms with E-state index in [0.717, 1.165) is 0 Å². The minimum Gasteiger partial charge on any atom is -0.462 e. The zero-order valence-corrected chi connectivity index (χ0v) is 9.21. The summed E-state index contributed by atoms with van der Waals surface area (Å²) in [7, 11) is 0. The molecule has 0 radical (unpaired) electrons. The Morgan fingerprint density at radius 3 is 2.69 bits per heavy atom. The lowest BCUT2D eigenvalue weighted by molar-refractivity contribution is 0.0524. The average Bonchev–Trinajstić information content (AvgIpc) is 2.28. The summed E-state index contributed by atoms with van der Waals surface area (Å²) in [4.78, 5) is 11.5. The molecular weight excluding hydrogens is 209 g/mol. The molecule has 0 amide bonds. The molecule has 0 saturated heterocycles. The van der Waals surface area contributed by atoms with Gasteiger partial charge in [-0.3, -0.25) is 0 Å². The van der Waals surface area contributed by atoms with Gasteiger partial charge in [0.25, 0.3) is 0 Å². The molecule has 0 saturated carbocycles. The summed E-state index contributed by atoms with van der Waals surface area (Å²) >= 11 is 0. The number of nitrogens with zero attached hydrogens (tertiary/aromatic N) is 1. The van der Waals surface area contributed by atoms with Gasteiger partial charge in [0, 0.05) is 5.56 Å². The van der Waals surface area contributed by atoms with Gasteiger partial charge in [-0.2, -0.15) is 5.26 Å². The third-order valence-corrected chi connectivity index (χ3v) is 2.21. The number of esters is 1. The lowest BCUT2D eigenvalue weighted by atomic mass is 10.0. The second kappa shape index (κ2) is 5.26. The van der Waals surface area contributed by atoms with Gasteiger partial charge in [0.2, 0.25) is 0 Å². The molecule has 3 nitrogen and oxygen atoms in total. The molecule has 0 N–H and O–H groups in total. The van der Waals surface area contributed by atoms with Crippen LogP contribution in [0.1, 0.15) is 35.3 Å². The molecular formula is C12H12FNO2. The summed E-state index contributed by atoms with van der Waals surface area (Å²) in [6, 6.07) is 4.46. The Kier molecular flexibility index (Phi) is 4.01. The lowest BCUT2D eigenvalue weighted by Crippen LogP contribution is -2.10. The third kappa shape index (κ3) is 2.19. The average molecular weight is 221 g/mol. The molecule has 0 aliphatic heterocycles. The predicted octanol–water partition coefficient (Wildman–Crippen LogP) is 2.44. The molecule has 1 rings (SSSR count). The molecule has 0 aliphatic carbocycles. The van der Waals surface area contributed by atoms with Crippen LogP contribution in [-0.2, 0) is 11.2 Å². The van der Waals surface area contributed by atoms with Gasteiger partial charge < -0.3 is 4.74 Å². The molecule has 4 heteroatoms. The van der Waals surface area contributed by atoms with Gasteiger partial charge in [-0.05, 0) is 25.5 Å². The number of ether oxygens (including phenoxy) is 1. The zero-order valence-electron chi connectivity index (χ0n) is 9.21. The molecule has 16 heavy (non-hydrogen) atoms. The molecule has 1 aromatic carbocycles. The van der Waals surface area contributed by atoms with Crippen molar-refractivity contribution >= 4 is 5.97 Å². The number of carbonyl (C=O) groups is 1. The quantitative estimate of drug-likeness (QED) is 0.736. The molecule has 0 aliphatic rings. The number of benzene rings is 1. The van der Waals surface area contributed by atoms with Crippen LogP contribution in [0.25, 0.3) is 0 Å². The zero-order chi connectivity index (χ0) is 12.1. The van der Waals surface area contributed by atoms with Crippen molar-refractivity contribution in [3.8, 4) is 6.07 Å². The first-order chi connectivity index (χ1) is 7.65. The van der Waals surface area contributed by atoms with E-state index in [1.165, 1.54) is 12.1 Å². The fourth-order valence-electron chi connectivity index (χ4n) is 1.45. The van der Waals surface area contributed by atoms with Gasteiger partial charge in [-0.25, -0.2) is 9.18 Å². The van der Waals surface area contributed by atoms with Crippen LogP contribution >= 0.6 is 0 Å². The van der Waals surface area contributed by atoms with E-state index in [2.05, 4.69) is 0 Å². The molecule has 84 valence electrons. The van der Waals surface area contributed by atoms with E-state index in [1.807, 2.05) is 0 Å². The van der Waals surface area contributed by atoms with Gasteiger partial charge in [-0.15, -0.1) is 0 Å². The summed E-state index contributed by atoms with van der Waals surface area (Å²) in [6.45, 7) is 3.65. The second-order valence-corrected chi connectivity index (χ2v) is 3.14. The van der Waals surface area contributed by atoms with Crippen LogP contribution in [0.3, 0.4) is 0 Å². The van der Waals surface area contributed by atoms with E-state index in [9.17, 15) is 9.18 Å². The molecule has 0 unspecified atom stereocenters. The number of carbonyl (C=O) groups excluding carboxylic acids is 1. The monoisotopic (exact) mass is 221 g/mol. The van der Waals surface area contributed by atoms with Crippen LogP contribution in [0.15, 0.2) is 12.1 Å². The second-order valence-electron chi connectivity index (χ2n) is 3.14. The number of hydrogen-bond acceptors (Lipinski definition) is 3. The van der Waals surface area contributed by atoms with E-state index in [-0.39, 0.29) is 23.3 Å². The minimum atomic E-state index is -0.629. The molecule has 0 heterocycles.